The minimum absolute atomic E-state index is 0.144. The highest BCUT2D eigenvalue weighted by molar-refractivity contribution is 6.55. The summed E-state index contributed by atoms with van der Waals surface area (Å²) in [5.74, 6) is -2.80. The molecule has 0 spiro atoms. The van der Waals surface area contributed by atoms with E-state index in [4.69, 9.17) is 51.1 Å². The highest BCUT2D eigenvalue weighted by atomic mass is 35.5. The van der Waals surface area contributed by atoms with E-state index in [-0.39, 0.29) is 44.2 Å². The number of rotatable bonds is 6. The lowest BCUT2D eigenvalue weighted by molar-refractivity contribution is -0.147. The first-order chi connectivity index (χ1) is 15.0. The van der Waals surface area contributed by atoms with E-state index in [2.05, 4.69) is 5.32 Å². The monoisotopic (exact) mass is 516 g/mol. The van der Waals surface area contributed by atoms with Crippen molar-refractivity contribution in [3.8, 4) is 0 Å². The number of anilines is 1. The van der Waals surface area contributed by atoms with Gasteiger partial charge in [-0.1, -0.05) is 52.5 Å². The van der Waals surface area contributed by atoms with Crippen molar-refractivity contribution in [1.29, 1.82) is 0 Å². The van der Waals surface area contributed by atoms with Crippen LogP contribution in [0.4, 0.5) is 5.69 Å². The minimum atomic E-state index is -0.773. The van der Waals surface area contributed by atoms with Gasteiger partial charge in [-0.25, -0.2) is 0 Å². The molecule has 0 saturated carbocycles. The van der Waals surface area contributed by atoms with Crippen LogP contribution in [0.15, 0.2) is 18.2 Å². The third kappa shape index (κ3) is 4.86. The highest BCUT2D eigenvalue weighted by Gasteiger charge is 2.41. The summed E-state index contributed by atoms with van der Waals surface area (Å²) in [4.78, 5) is 50.1. The number of fused-ring (bicyclic) bond motifs is 1. The number of benzene rings is 2. The summed E-state index contributed by atoms with van der Waals surface area (Å²) in [7, 11) is 0. The zero-order valence-electron chi connectivity index (χ0n) is 16.9. The molecule has 1 heterocycles. The van der Waals surface area contributed by atoms with Crippen LogP contribution in [0.25, 0.3) is 0 Å². The van der Waals surface area contributed by atoms with Crippen LogP contribution in [0.2, 0.25) is 20.1 Å². The number of hydrogen-bond donors (Lipinski definition) is 1. The second kappa shape index (κ2) is 9.67. The van der Waals surface area contributed by atoms with Gasteiger partial charge in [-0.3, -0.25) is 24.1 Å². The maximum absolute atomic E-state index is 12.6. The van der Waals surface area contributed by atoms with Crippen molar-refractivity contribution in [2.24, 2.45) is 0 Å². The smallest absolute Gasteiger partial charge is 0.308 e. The number of carbonyl (C=O) groups is 4. The molecule has 0 radical (unpaired) electrons. The van der Waals surface area contributed by atoms with Crippen LogP contribution in [0.3, 0.4) is 0 Å². The van der Waals surface area contributed by atoms with Gasteiger partial charge in [0.05, 0.1) is 37.6 Å². The number of amides is 3. The lowest BCUT2D eigenvalue weighted by Gasteiger charge is -2.13. The molecule has 11 heteroatoms. The number of nitrogens with one attached hydrogen (secondary N) is 1. The van der Waals surface area contributed by atoms with Crippen molar-refractivity contribution < 1.29 is 23.9 Å². The van der Waals surface area contributed by atoms with Gasteiger partial charge in [0, 0.05) is 12.2 Å². The summed E-state index contributed by atoms with van der Waals surface area (Å²) in [5, 5.41) is 1.96. The first kappa shape index (κ1) is 24.3. The lowest BCUT2D eigenvalue weighted by atomic mass is 10.1. The molecule has 0 aliphatic carbocycles. The molecule has 0 bridgehead atoms. The van der Waals surface area contributed by atoms with Crippen LogP contribution in [-0.4, -0.2) is 41.7 Å². The standard InChI is InChI=1S/C21H16Cl4N2O5/c1-9-5-10(2)7-11(6-9)26-12(28)8-32-13(29)3-4-27-20(30)14-15(21(27)31)17(23)19(25)18(24)16(14)22/h5-7H,3-4,8H2,1-2H3,(H,26,28). The predicted octanol–water partition coefficient (Wildman–Crippen LogP) is 5.09. The fourth-order valence-electron chi connectivity index (χ4n) is 3.26. The van der Waals surface area contributed by atoms with Gasteiger partial charge in [0.1, 0.15) is 0 Å². The number of ether oxygens (including phenoxy) is 1. The van der Waals surface area contributed by atoms with Gasteiger partial charge in [0.2, 0.25) is 0 Å². The first-order valence-electron chi connectivity index (χ1n) is 9.27. The summed E-state index contributed by atoms with van der Waals surface area (Å²) < 4.78 is 4.94. The molecule has 7 nitrogen and oxygen atoms in total. The fraction of sp³-hybridized carbons (Fsp3) is 0.238. The number of hydrogen-bond acceptors (Lipinski definition) is 5. The Balaban J connectivity index is 1.57. The number of halogens is 4. The van der Waals surface area contributed by atoms with Crippen molar-refractivity contribution in [2.75, 3.05) is 18.5 Å². The normalized spacial score (nSPS) is 12.8. The summed E-state index contributed by atoms with van der Waals surface area (Å²) in [6, 6.07) is 5.52. The van der Waals surface area contributed by atoms with Gasteiger partial charge in [-0.15, -0.1) is 0 Å². The number of esters is 1. The SMILES string of the molecule is Cc1cc(C)cc(NC(=O)COC(=O)CCN2C(=O)c3c(Cl)c(Cl)c(Cl)c(Cl)c3C2=O)c1. The average molecular weight is 518 g/mol. The molecular weight excluding hydrogens is 502 g/mol. The van der Waals surface area contributed by atoms with Crippen molar-refractivity contribution in [3.63, 3.8) is 0 Å². The molecule has 32 heavy (non-hydrogen) atoms. The molecule has 2 aromatic carbocycles. The van der Waals surface area contributed by atoms with E-state index in [0.29, 0.717) is 5.69 Å². The number of imide groups is 1. The van der Waals surface area contributed by atoms with E-state index in [1.165, 1.54) is 0 Å². The molecule has 2 aromatic rings. The Bertz CT molecular complexity index is 1100. The summed E-state index contributed by atoms with van der Waals surface area (Å²) in [6.45, 7) is 2.97. The quantitative estimate of drug-likeness (QED) is 0.249. The molecule has 1 aliphatic rings. The molecular formula is C21H16Cl4N2O5. The Hall–Kier alpha value is -2.32. The van der Waals surface area contributed by atoms with Crippen LogP contribution in [-0.2, 0) is 14.3 Å². The van der Waals surface area contributed by atoms with E-state index in [1.807, 2.05) is 19.9 Å². The van der Waals surface area contributed by atoms with Crippen LogP contribution < -0.4 is 5.32 Å². The second-order valence-corrected chi connectivity index (χ2v) is 8.61. The third-order valence-corrected chi connectivity index (χ3v) is 6.40. The van der Waals surface area contributed by atoms with Crippen molar-refractivity contribution in [1.82, 2.24) is 4.90 Å². The maximum Gasteiger partial charge on any atom is 0.308 e. The van der Waals surface area contributed by atoms with Crippen LogP contribution >= 0.6 is 46.4 Å². The van der Waals surface area contributed by atoms with Gasteiger partial charge in [0.25, 0.3) is 17.7 Å². The van der Waals surface area contributed by atoms with E-state index < -0.39 is 30.3 Å². The number of carbonyl (C=O) groups excluding carboxylic acids is 4. The van der Waals surface area contributed by atoms with Gasteiger partial charge >= 0.3 is 5.97 Å². The molecule has 0 aromatic heterocycles. The van der Waals surface area contributed by atoms with Gasteiger partial charge in [0.15, 0.2) is 6.61 Å². The van der Waals surface area contributed by atoms with Crippen molar-refractivity contribution in [2.45, 2.75) is 20.3 Å². The summed E-state index contributed by atoms with van der Waals surface area (Å²) >= 11 is 24.0. The molecule has 0 fully saturated rings. The zero-order chi connectivity index (χ0) is 23.7. The Morgan fingerprint density at radius 1 is 0.875 bits per heavy atom. The molecule has 0 saturated heterocycles. The molecule has 1 aliphatic heterocycles. The van der Waals surface area contributed by atoms with Crippen LogP contribution in [0, 0.1) is 13.8 Å². The maximum atomic E-state index is 12.6. The zero-order valence-corrected chi connectivity index (χ0v) is 19.9. The third-order valence-electron chi connectivity index (χ3n) is 4.59. The number of nitrogens with zero attached hydrogens (tertiary/aromatic N) is 1. The molecule has 168 valence electrons. The Morgan fingerprint density at radius 3 is 1.88 bits per heavy atom. The van der Waals surface area contributed by atoms with E-state index in [1.54, 1.807) is 12.1 Å². The Morgan fingerprint density at radius 2 is 1.38 bits per heavy atom. The van der Waals surface area contributed by atoms with E-state index in [9.17, 15) is 19.2 Å². The van der Waals surface area contributed by atoms with E-state index >= 15 is 0 Å². The highest BCUT2D eigenvalue weighted by Crippen LogP contribution is 2.44. The first-order valence-corrected chi connectivity index (χ1v) is 10.8. The molecule has 1 N–H and O–H groups in total. The second-order valence-electron chi connectivity index (χ2n) is 7.10. The topological polar surface area (TPSA) is 92.8 Å². The molecule has 3 amide bonds. The van der Waals surface area contributed by atoms with Crippen molar-refractivity contribution >= 4 is 75.8 Å². The van der Waals surface area contributed by atoms with E-state index in [0.717, 1.165) is 16.0 Å². The fourth-order valence-corrected chi connectivity index (χ4v) is 4.28. The average Bonchev–Trinajstić information content (AvgIpc) is 2.96. The van der Waals surface area contributed by atoms with Crippen LogP contribution in [0.1, 0.15) is 38.3 Å². The Kier molecular flexibility index (Phi) is 7.35. The summed E-state index contributed by atoms with van der Waals surface area (Å²) in [5.41, 5.74) is 2.19. The van der Waals surface area contributed by atoms with Crippen molar-refractivity contribution in [3.05, 3.63) is 60.5 Å². The van der Waals surface area contributed by atoms with Gasteiger partial charge in [-0.2, -0.15) is 0 Å². The number of aryl methyl sites for hydroxylation is 2. The molecule has 3 rings (SSSR count). The van der Waals surface area contributed by atoms with Gasteiger partial charge in [-0.05, 0) is 37.1 Å². The lowest BCUT2D eigenvalue weighted by Crippen LogP contribution is -2.32. The van der Waals surface area contributed by atoms with Gasteiger partial charge < -0.3 is 10.1 Å². The largest absolute Gasteiger partial charge is 0.456 e. The molecule has 0 atom stereocenters. The summed E-state index contributed by atoms with van der Waals surface area (Å²) in [6.07, 6.45) is -0.334. The van der Waals surface area contributed by atoms with Crippen LogP contribution in [0.5, 0.6) is 0 Å². The Labute approximate surface area is 203 Å². The molecule has 0 unspecified atom stereocenters. The predicted molar refractivity (Wildman–Crippen MR) is 122 cm³/mol. The minimum Gasteiger partial charge on any atom is -0.456 e.